The molecule has 0 N–H and O–H groups in total. The van der Waals surface area contributed by atoms with E-state index in [1.54, 1.807) is 0 Å². The van der Waals surface area contributed by atoms with E-state index in [0.717, 1.165) is 25.7 Å². The minimum absolute atomic E-state index is 0.0547. The number of nitrogens with zero attached hydrogens (tertiary/aromatic N) is 1. The third-order valence-corrected chi connectivity index (χ3v) is 12.0. The minimum Gasteiger partial charge on any atom is -0.466 e. The van der Waals surface area contributed by atoms with Crippen molar-refractivity contribution in [3.63, 3.8) is 0 Å². The number of carbonyl (C=O) groups is 1. The fraction of sp³-hybridized carbons (Fsp3) is 0.500. The minimum atomic E-state index is -2.58. The predicted molar refractivity (Wildman–Crippen MR) is 135 cm³/mol. The normalized spacial score (nSPS) is 20.0. The molecule has 0 amide bonds. The van der Waals surface area contributed by atoms with E-state index in [9.17, 15) is 10.1 Å². The topological polar surface area (TPSA) is 59.3 Å². The fourth-order valence-corrected chi connectivity index (χ4v) is 10.1. The van der Waals surface area contributed by atoms with Gasteiger partial charge in [0.1, 0.15) is 0 Å². The number of rotatable bonds is 8. The monoisotopic (exact) mass is 463 g/mol. The van der Waals surface area contributed by atoms with Crippen molar-refractivity contribution in [2.75, 3.05) is 6.61 Å². The maximum atomic E-state index is 12.4. The highest BCUT2D eigenvalue weighted by Gasteiger charge is 2.51. The van der Waals surface area contributed by atoms with Crippen LogP contribution in [-0.2, 0) is 14.0 Å². The Morgan fingerprint density at radius 1 is 1.00 bits per heavy atom. The van der Waals surface area contributed by atoms with Gasteiger partial charge in [-0.2, -0.15) is 5.26 Å². The average molecular weight is 464 g/mol. The van der Waals surface area contributed by atoms with E-state index in [-0.39, 0.29) is 35.4 Å². The van der Waals surface area contributed by atoms with E-state index in [0.29, 0.717) is 6.61 Å². The number of carbonyl (C=O) groups excluding carboxylic acids is 1. The Hall–Kier alpha value is -2.42. The Morgan fingerprint density at radius 3 is 1.94 bits per heavy atom. The molecule has 0 aromatic heterocycles. The summed E-state index contributed by atoms with van der Waals surface area (Å²) in [5.41, 5.74) is 0. The lowest BCUT2D eigenvalue weighted by Crippen LogP contribution is -2.67. The zero-order valence-corrected chi connectivity index (χ0v) is 21.4. The van der Waals surface area contributed by atoms with Gasteiger partial charge >= 0.3 is 5.97 Å². The average Bonchev–Trinajstić information content (AvgIpc) is 2.82. The van der Waals surface area contributed by atoms with Crippen LogP contribution in [0.3, 0.4) is 0 Å². The molecule has 0 spiro atoms. The van der Waals surface area contributed by atoms with Gasteiger partial charge in [-0.05, 0) is 53.9 Å². The van der Waals surface area contributed by atoms with Gasteiger partial charge in [-0.1, -0.05) is 81.4 Å². The molecule has 3 rings (SSSR count). The lowest BCUT2D eigenvalue weighted by atomic mass is 9.78. The number of nitriles is 1. The molecule has 1 unspecified atom stereocenters. The molecule has 33 heavy (non-hydrogen) atoms. The molecule has 1 atom stereocenters. The lowest BCUT2D eigenvalue weighted by molar-refractivity contribution is -0.150. The van der Waals surface area contributed by atoms with Crippen LogP contribution in [0.4, 0.5) is 0 Å². The molecule has 1 fully saturated rings. The maximum absolute atomic E-state index is 12.4. The summed E-state index contributed by atoms with van der Waals surface area (Å²) in [7, 11) is -2.58. The van der Waals surface area contributed by atoms with Gasteiger partial charge in [-0.15, -0.1) is 0 Å². The van der Waals surface area contributed by atoms with E-state index < -0.39 is 8.32 Å². The Morgan fingerprint density at radius 2 is 1.52 bits per heavy atom. The zero-order chi connectivity index (χ0) is 23.9. The third-order valence-electron chi connectivity index (χ3n) is 6.95. The molecule has 176 valence electrons. The summed E-state index contributed by atoms with van der Waals surface area (Å²) < 4.78 is 12.5. The smallest absolute Gasteiger partial charge is 0.310 e. The first-order chi connectivity index (χ1) is 15.8. The zero-order valence-electron chi connectivity index (χ0n) is 20.4. The Bertz CT molecular complexity index is 886. The second kappa shape index (κ2) is 11.1. The molecule has 1 aliphatic carbocycles. The van der Waals surface area contributed by atoms with Gasteiger partial charge in [0.2, 0.25) is 0 Å². The van der Waals surface area contributed by atoms with E-state index in [1.807, 2.05) is 6.92 Å². The van der Waals surface area contributed by atoms with Crippen LogP contribution in [0.25, 0.3) is 0 Å². The first-order valence-electron chi connectivity index (χ1n) is 12.2. The van der Waals surface area contributed by atoms with Crippen LogP contribution in [0.15, 0.2) is 60.7 Å². The van der Waals surface area contributed by atoms with E-state index >= 15 is 0 Å². The summed E-state index contributed by atoms with van der Waals surface area (Å²) in [6.07, 6.45) is 3.93. The molecule has 0 saturated heterocycles. The highest BCUT2D eigenvalue weighted by molar-refractivity contribution is 6.99. The van der Waals surface area contributed by atoms with Crippen molar-refractivity contribution in [1.82, 2.24) is 0 Å². The van der Waals surface area contributed by atoms with Crippen LogP contribution in [-0.4, -0.2) is 27.0 Å². The van der Waals surface area contributed by atoms with Crippen molar-refractivity contribution in [1.29, 1.82) is 5.26 Å². The summed E-state index contributed by atoms with van der Waals surface area (Å²) in [5.74, 6) is -0.373. The van der Waals surface area contributed by atoms with E-state index in [2.05, 4.69) is 87.5 Å². The summed E-state index contributed by atoms with van der Waals surface area (Å²) in [4.78, 5) is 12.4. The summed E-state index contributed by atoms with van der Waals surface area (Å²) in [6.45, 7) is 9.07. The van der Waals surface area contributed by atoms with Crippen LogP contribution in [0.1, 0.15) is 59.8 Å². The molecule has 1 aliphatic rings. The number of esters is 1. The van der Waals surface area contributed by atoms with Crippen molar-refractivity contribution in [2.45, 2.75) is 70.9 Å². The van der Waals surface area contributed by atoms with Gasteiger partial charge < -0.3 is 9.16 Å². The van der Waals surface area contributed by atoms with Gasteiger partial charge in [0, 0.05) is 12.5 Å². The molecule has 1 saturated carbocycles. The van der Waals surface area contributed by atoms with Crippen LogP contribution in [0, 0.1) is 23.2 Å². The molecule has 2 aromatic rings. The second-order valence-electron chi connectivity index (χ2n) is 10.0. The van der Waals surface area contributed by atoms with Crippen LogP contribution in [0.5, 0.6) is 0 Å². The van der Waals surface area contributed by atoms with Crippen molar-refractivity contribution in [3.8, 4) is 6.07 Å². The third kappa shape index (κ3) is 5.56. The number of benzene rings is 2. The van der Waals surface area contributed by atoms with Gasteiger partial charge in [-0.3, -0.25) is 4.79 Å². The first kappa shape index (κ1) is 25.2. The standard InChI is InChI=1S/C28H37NO3Si/c1-5-31-27(30)26(20-21-29)22-16-18-23(19-17-22)32-33(28(2,3)4,24-12-8-6-9-13-24)25-14-10-7-11-15-25/h6-15,22-23,26H,5,16-20H2,1-4H3. The van der Waals surface area contributed by atoms with Crippen LogP contribution >= 0.6 is 0 Å². The maximum Gasteiger partial charge on any atom is 0.310 e. The Kier molecular flexibility index (Phi) is 8.50. The lowest BCUT2D eigenvalue weighted by Gasteiger charge is -2.46. The number of hydrogen-bond donors (Lipinski definition) is 0. The van der Waals surface area contributed by atoms with Crippen LogP contribution in [0.2, 0.25) is 5.04 Å². The second-order valence-corrected chi connectivity index (χ2v) is 14.3. The molecule has 0 radical (unpaired) electrons. The predicted octanol–water partition coefficient (Wildman–Crippen LogP) is 5.21. The molecule has 0 aliphatic heterocycles. The Balaban J connectivity index is 1.87. The molecular weight excluding hydrogens is 426 g/mol. The fourth-order valence-electron chi connectivity index (χ4n) is 5.34. The largest absolute Gasteiger partial charge is 0.466 e. The number of ether oxygens (including phenoxy) is 1. The van der Waals surface area contributed by atoms with Gasteiger partial charge in [-0.25, -0.2) is 0 Å². The van der Waals surface area contributed by atoms with Crippen molar-refractivity contribution in [2.24, 2.45) is 11.8 Å². The molecule has 0 heterocycles. The SMILES string of the molecule is CCOC(=O)C(CC#N)C1CCC(O[Si](c2ccccc2)(c2ccccc2)C(C)(C)C)CC1. The molecule has 2 aromatic carbocycles. The summed E-state index contributed by atoms with van der Waals surface area (Å²) >= 11 is 0. The summed E-state index contributed by atoms with van der Waals surface area (Å²) in [6, 6.07) is 23.6. The quantitative estimate of drug-likeness (QED) is 0.398. The van der Waals surface area contributed by atoms with E-state index in [1.165, 1.54) is 10.4 Å². The van der Waals surface area contributed by atoms with Crippen molar-refractivity contribution in [3.05, 3.63) is 60.7 Å². The highest BCUT2D eigenvalue weighted by Crippen LogP contribution is 2.41. The van der Waals surface area contributed by atoms with Crippen LogP contribution < -0.4 is 10.4 Å². The molecule has 5 heteroatoms. The molecule has 0 bridgehead atoms. The number of hydrogen-bond acceptors (Lipinski definition) is 4. The van der Waals surface area contributed by atoms with Crippen molar-refractivity contribution < 1.29 is 14.0 Å². The van der Waals surface area contributed by atoms with Gasteiger partial charge in [0.25, 0.3) is 8.32 Å². The van der Waals surface area contributed by atoms with Crippen molar-refractivity contribution >= 4 is 24.7 Å². The molecule has 4 nitrogen and oxygen atoms in total. The first-order valence-corrected chi connectivity index (χ1v) is 14.1. The van der Waals surface area contributed by atoms with Gasteiger partial charge in [0.15, 0.2) is 0 Å². The highest BCUT2D eigenvalue weighted by atomic mass is 28.4. The van der Waals surface area contributed by atoms with Gasteiger partial charge in [0.05, 0.1) is 18.6 Å². The molecular formula is C28H37NO3Si. The Labute approximate surface area is 200 Å². The summed E-state index contributed by atoms with van der Waals surface area (Å²) in [5, 5.41) is 11.8. The van der Waals surface area contributed by atoms with E-state index in [4.69, 9.17) is 9.16 Å².